The van der Waals surface area contributed by atoms with Crippen molar-refractivity contribution >= 4 is 116 Å². The first-order valence-corrected chi connectivity index (χ1v) is 34.1. The second kappa shape index (κ2) is 26.6. The third-order valence-electron chi connectivity index (χ3n) is 16.5. The van der Waals surface area contributed by atoms with Gasteiger partial charge in [0.05, 0.1) is 57.0 Å². The number of aromatic amines is 2. The number of benzene rings is 6. The van der Waals surface area contributed by atoms with Gasteiger partial charge in [-0.1, -0.05) is 24.3 Å². The van der Waals surface area contributed by atoms with Crippen molar-refractivity contribution in [2.45, 2.75) is 38.9 Å². The summed E-state index contributed by atoms with van der Waals surface area (Å²) in [4.78, 5) is 73.5. The van der Waals surface area contributed by atoms with Gasteiger partial charge in [-0.15, -0.1) is 0 Å². The number of aromatic nitrogens is 6. The number of fused-ring (bicyclic) bond motifs is 4. The van der Waals surface area contributed by atoms with Crippen molar-refractivity contribution < 1.29 is 62.1 Å². The number of furan rings is 2. The fraction of sp³-hybridized carbons (Fsp3) is 0.176. The molecule has 0 aliphatic carbocycles. The first kappa shape index (κ1) is 69.0. The Hall–Kier alpha value is -10.4. The summed E-state index contributed by atoms with van der Waals surface area (Å²) in [5.41, 5.74) is 2.45. The van der Waals surface area contributed by atoms with Crippen LogP contribution >= 0.6 is 15.9 Å². The Bertz CT molecular complexity index is 5550. The fourth-order valence-electron chi connectivity index (χ4n) is 10.6. The predicted molar refractivity (Wildman–Crippen MR) is 370 cm³/mol. The van der Waals surface area contributed by atoms with Crippen LogP contribution < -0.4 is 35.8 Å². The summed E-state index contributed by atoms with van der Waals surface area (Å²) in [6, 6.07) is 31.9. The first-order valence-electron chi connectivity index (χ1n) is 29.6. The van der Waals surface area contributed by atoms with Crippen LogP contribution in [0.4, 0.5) is 28.9 Å². The van der Waals surface area contributed by atoms with Crippen molar-refractivity contribution in [3.63, 3.8) is 0 Å². The number of carbonyl (C=O) groups is 2. The maximum Gasteiger partial charge on any atom is 0.497 e. The number of halogens is 5. The highest BCUT2D eigenvalue weighted by Crippen LogP contribution is 2.43. The lowest BCUT2D eigenvalue weighted by Crippen LogP contribution is -2.41. The molecule has 1 aliphatic rings. The number of nitrogens with one attached hydrogen (secondary N) is 4. The van der Waals surface area contributed by atoms with E-state index in [1.165, 1.54) is 125 Å². The molecule has 0 saturated carbocycles. The largest absolute Gasteiger partial charge is 0.497 e. The Balaban J connectivity index is 0.000000160. The lowest BCUT2D eigenvalue weighted by atomic mass is 9.77. The number of carbonyl (C=O) groups excluding carboxylic acids is 2. The van der Waals surface area contributed by atoms with Gasteiger partial charge in [-0.25, -0.2) is 54.3 Å². The number of sulfonamides is 2. The van der Waals surface area contributed by atoms with Gasteiger partial charge in [0, 0.05) is 107 Å². The first-order chi connectivity index (χ1) is 46.2. The van der Waals surface area contributed by atoms with E-state index in [-0.39, 0.29) is 67.7 Å². The Kier molecular flexibility index (Phi) is 18.7. The number of pyridine rings is 2. The number of amides is 2. The number of nitrogens with zero attached hydrogens (tertiary/aromatic N) is 6. The molecule has 98 heavy (non-hydrogen) atoms. The van der Waals surface area contributed by atoms with E-state index in [1.54, 1.807) is 48.7 Å². The van der Waals surface area contributed by atoms with Crippen LogP contribution in [0, 0.1) is 23.3 Å². The minimum Gasteiger partial charge on any atom is -0.455 e. The van der Waals surface area contributed by atoms with Crippen LogP contribution in [-0.2, 0) is 29.4 Å². The summed E-state index contributed by atoms with van der Waals surface area (Å²) in [5.74, 6) is -1.85. The van der Waals surface area contributed by atoms with Gasteiger partial charge in [0.2, 0.25) is 20.0 Å². The van der Waals surface area contributed by atoms with Gasteiger partial charge >= 0.3 is 7.12 Å². The van der Waals surface area contributed by atoms with Gasteiger partial charge in [0.15, 0.2) is 11.3 Å². The molecular formula is C68H58BBrF4N10O12S2. The highest BCUT2D eigenvalue weighted by molar-refractivity contribution is 9.10. The van der Waals surface area contributed by atoms with Crippen molar-refractivity contribution in [1.29, 1.82) is 0 Å². The van der Waals surface area contributed by atoms with Crippen LogP contribution in [-0.4, -0.2) is 118 Å². The van der Waals surface area contributed by atoms with E-state index in [4.69, 9.17) is 18.1 Å². The molecule has 1 saturated heterocycles. The van der Waals surface area contributed by atoms with Crippen LogP contribution in [0.15, 0.2) is 169 Å². The molecule has 0 atom stereocenters. The van der Waals surface area contributed by atoms with E-state index in [0.717, 1.165) is 21.1 Å². The SMILES string of the molecule is CNC(=O)c1c(-c2ccc(F)cc2)oc2cc(N(C)S(C)(=O)=O)c(-c3cnc4nc(-c5cccc(F)c5)[nH]c(=O)c4c3)cc12.CNC(=O)c1c(-c2ccc(F)cc2)oc2cc(N(C)S(C)(=O)=O)c(B3OC(C)(C)C(C)(C)O3)cc12.O=c1[nH]c(-c2cccc(F)c2)nc2ncc(Br)cc12. The molecule has 1 aliphatic heterocycles. The quantitative estimate of drug-likeness (QED) is 0.0653. The molecule has 2 amide bonds. The average molecular weight is 1440 g/mol. The molecule has 6 aromatic heterocycles. The van der Waals surface area contributed by atoms with Gasteiger partial charge in [-0.05, 0) is 141 Å². The van der Waals surface area contributed by atoms with E-state index in [9.17, 15) is 53.6 Å². The normalized spacial score (nSPS) is 13.4. The molecule has 0 bridgehead atoms. The molecule has 0 unspecified atom stereocenters. The van der Waals surface area contributed by atoms with Crippen molar-refractivity contribution in [2.75, 3.05) is 49.3 Å². The Morgan fingerprint density at radius 3 is 1.41 bits per heavy atom. The summed E-state index contributed by atoms with van der Waals surface area (Å²) >= 11 is 3.25. The molecule has 0 spiro atoms. The van der Waals surface area contributed by atoms with E-state index in [2.05, 4.69) is 56.5 Å². The topological polar surface area (TPSA) is 295 Å². The molecule has 0 radical (unpaired) electrons. The Morgan fingerprint density at radius 2 is 0.959 bits per heavy atom. The summed E-state index contributed by atoms with van der Waals surface area (Å²) in [7, 11) is -2.61. The average Bonchev–Trinajstić information content (AvgIpc) is 1.54. The standard InChI is InChI=1S/C31H23F2N5O5S.C24H28BFN2O6S.C13H7BrFN3O/c1-34-31(40)26-22-13-21(18-12-23-29(35-15-18)36-28(37-30(23)39)17-5-4-6-20(33)11-17)24(38(2)44(3,41)42)14-25(22)43-27(26)16-7-9-19(32)10-8-16;1-23(2)24(3,4)34-25(33-23)17-12-16-19(13-18(17)28(6)35(7,30)31)32-21(20(16)22(29)27-5)14-8-10-15(26)11-9-14;14-8-5-10-12(16-6-8)17-11(18-13(10)19)7-2-1-3-9(15)4-7/h4-15H,1-3H3,(H,34,40)(H,35,36,37,39);8-13H,1-7H3,(H,27,29);1-6H,(H,16,17,18,19). The van der Waals surface area contributed by atoms with E-state index in [0.29, 0.717) is 76.6 Å². The smallest absolute Gasteiger partial charge is 0.455 e. The maximum absolute atomic E-state index is 13.8. The molecule has 1 fully saturated rings. The molecule has 30 heteroatoms. The molecule has 4 N–H and O–H groups in total. The lowest BCUT2D eigenvalue weighted by Gasteiger charge is -2.32. The zero-order chi connectivity index (χ0) is 70.7. The van der Waals surface area contributed by atoms with Crippen LogP contribution in [0.5, 0.6) is 0 Å². The van der Waals surface area contributed by atoms with Crippen LogP contribution in [0.2, 0.25) is 0 Å². The zero-order valence-electron chi connectivity index (χ0n) is 53.7. The lowest BCUT2D eigenvalue weighted by molar-refractivity contribution is 0.00578. The third-order valence-corrected chi connectivity index (χ3v) is 19.4. The second-order valence-electron chi connectivity index (χ2n) is 23.6. The number of H-pyrrole nitrogens is 2. The van der Waals surface area contributed by atoms with E-state index in [1.807, 2.05) is 27.7 Å². The molecule has 502 valence electrons. The highest BCUT2D eigenvalue weighted by atomic mass is 79.9. The number of hydrogen-bond donors (Lipinski definition) is 4. The zero-order valence-corrected chi connectivity index (χ0v) is 56.9. The van der Waals surface area contributed by atoms with Gasteiger partial charge in [0.1, 0.15) is 57.6 Å². The molecular weight excluding hydrogens is 1380 g/mol. The van der Waals surface area contributed by atoms with Crippen LogP contribution in [0.25, 0.3) is 101 Å². The third kappa shape index (κ3) is 13.8. The second-order valence-corrected chi connectivity index (χ2v) is 28.5. The number of rotatable bonds is 12. The van der Waals surface area contributed by atoms with Gasteiger partial charge < -0.3 is 38.7 Å². The number of anilines is 2. The van der Waals surface area contributed by atoms with Crippen molar-refractivity contribution in [1.82, 2.24) is 40.5 Å². The summed E-state index contributed by atoms with van der Waals surface area (Å²) in [5, 5.41) is 6.47. The molecule has 22 nitrogen and oxygen atoms in total. The summed E-state index contributed by atoms with van der Waals surface area (Å²) < 4.78 is 132. The van der Waals surface area contributed by atoms with Crippen molar-refractivity contribution in [3.05, 3.63) is 205 Å². The highest BCUT2D eigenvalue weighted by Gasteiger charge is 2.53. The van der Waals surface area contributed by atoms with Crippen molar-refractivity contribution in [2.24, 2.45) is 0 Å². The summed E-state index contributed by atoms with van der Waals surface area (Å²) in [6.45, 7) is 7.58. The van der Waals surface area contributed by atoms with Crippen molar-refractivity contribution in [3.8, 4) is 56.6 Å². The Morgan fingerprint density at radius 1 is 0.531 bits per heavy atom. The van der Waals surface area contributed by atoms with E-state index < -0.39 is 73.2 Å². The van der Waals surface area contributed by atoms with E-state index >= 15 is 0 Å². The van der Waals surface area contributed by atoms with Gasteiger partial charge in [0.25, 0.3) is 22.9 Å². The monoisotopic (exact) mass is 1440 g/mol. The molecule has 7 heterocycles. The molecule has 6 aromatic carbocycles. The van der Waals surface area contributed by atoms with Gasteiger partial charge in [-0.3, -0.25) is 27.8 Å². The predicted octanol–water partition coefficient (Wildman–Crippen LogP) is 11.3. The van der Waals surface area contributed by atoms with Crippen LogP contribution in [0.3, 0.4) is 0 Å². The fourth-order valence-corrected chi connectivity index (χ4v) is 11.9. The minimum atomic E-state index is -3.79. The molecule has 12 aromatic rings. The molecule has 13 rings (SSSR count). The van der Waals surface area contributed by atoms with Crippen LogP contribution in [0.1, 0.15) is 48.4 Å². The Labute approximate surface area is 565 Å². The number of hydrogen-bond acceptors (Lipinski definition) is 16. The van der Waals surface area contributed by atoms with Gasteiger partial charge in [-0.2, -0.15) is 0 Å². The summed E-state index contributed by atoms with van der Waals surface area (Å²) in [6.07, 6.45) is 5.10. The maximum atomic E-state index is 13.8. The minimum absolute atomic E-state index is 0.0869.